The quantitative estimate of drug-likeness (QED) is 0.911. The van der Waals surface area contributed by atoms with Gasteiger partial charge in [0, 0.05) is 31.9 Å². The molecule has 0 aromatic carbocycles. The number of pyridine rings is 1. The van der Waals surface area contributed by atoms with Crippen molar-refractivity contribution < 1.29 is 9.59 Å². The van der Waals surface area contributed by atoms with Crippen LogP contribution in [0.5, 0.6) is 0 Å². The highest BCUT2D eigenvalue weighted by Gasteiger charge is 2.30. The van der Waals surface area contributed by atoms with Crippen LogP contribution in [0.2, 0.25) is 0 Å². The number of carbonyl (C=O) groups is 2. The van der Waals surface area contributed by atoms with Gasteiger partial charge in [-0.2, -0.15) is 5.10 Å². The van der Waals surface area contributed by atoms with Crippen LogP contribution in [0.4, 0.5) is 0 Å². The van der Waals surface area contributed by atoms with Gasteiger partial charge in [0.05, 0.1) is 22.6 Å². The van der Waals surface area contributed by atoms with Gasteiger partial charge in [-0.3, -0.25) is 14.3 Å². The van der Waals surface area contributed by atoms with E-state index in [4.69, 9.17) is 0 Å². The SMILES string of the molecule is Cc1cc(C(=O)N2CCC[C@H](C(=O)NC(C)C)C2)c2c(C)nn(C)c2n1. The number of aromatic nitrogens is 3. The Hall–Kier alpha value is -2.44. The van der Waals surface area contributed by atoms with E-state index in [0.29, 0.717) is 18.7 Å². The third-order valence-electron chi connectivity index (χ3n) is 4.84. The van der Waals surface area contributed by atoms with Gasteiger partial charge in [-0.1, -0.05) is 0 Å². The first-order chi connectivity index (χ1) is 12.3. The van der Waals surface area contributed by atoms with Crippen LogP contribution in [0.1, 0.15) is 48.4 Å². The van der Waals surface area contributed by atoms with Crippen LogP contribution in [-0.2, 0) is 11.8 Å². The molecule has 0 spiro atoms. The van der Waals surface area contributed by atoms with E-state index >= 15 is 0 Å². The number of fused-ring (bicyclic) bond motifs is 1. The first-order valence-electron chi connectivity index (χ1n) is 9.18. The first kappa shape index (κ1) is 18.4. The number of amides is 2. The average molecular weight is 357 g/mol. The van der Waals surface area contributed by atoms with Crippen molar-refractivity contribution in [1.82, 2.24) is 25.0 Å². The zero-order valence-electron chi connectivity index (χ0n) is 16.2. The van der Waals surface area contributed by atoms with Crippen molar-refractivity contribution in [1.29, 1.82) is 0 Å². The predicted octanol–water partition coefficient (Wildman–Crippen LogP) is 1.96. The van der Waals surface area contributed by atoms with E-state index in [9.17, 15) is 9.59 Å². The molecule has 3 heterocycles. The van der Waals surface area contributed by atoms with Crippen LogP contribution in [-0.4, -0.2) is 50.6 Å². The lowest BCUT2D eigenvalue weighted by Gasteiger charge is -2.32. The fraction of sp³-hybridized carbons (Fsp3) is 0.579. The maximum atomic E-state index is 13.2. The monoisotopic (exact) mass is 357 g/mol. The van der Waals surface area contributed by atoms with E-state index in [1.54, 1.807) is 9.58 Å². The first-order valence-corrected chi connectivity index (χ1v) is 9.18. The van der Waals surface area contributed by atoms with Crippen molar-refractivity contribution in [3.8, 4) is 0 Å². The van der Waals surface area contributed by atoms with Crippen LogP contribution in [0.25, 0.3) is 11.0 Å². The number of hydrogen-bond acceptors (Lipinski definition) is 4. The van der Waals surface area contributed by atoms with Crippen LogP contribution < -0.4 is 5.32 Å². The van der Waals surface area contributed by atoms with Gasteiger partial charge >= 0.3 is 0 Å². The van der Waals surface area contributed by atoms with E-state index in [0.717, 1.165) is 35.3 Å². The molecule has 1 N–H and O–H groups in total. The summed E-state index contributed by atoms with van der Waals surface area (Å²) >= 11 is 0. The zero-order chi connectivity index (χ0) is 19.0. The Morgan fingerprint density at radius 2 is 2.04 bits per heavy atom. The molecular formula is C19H27N5O2. The minimum Gasteiger partial charge on any atom is -0.354 e. The van der Waals surface area contributed by atoms with E-state index in [2.05, 4.69) is 15.4 Å². The van der Waals surface area contributed by atoms with E-state index < -0.39 is 0 Å². The Labute approximate surface area is 153 Å². The highest BCUT2D eigenvalue weighted by atomic mass is 16.2. The van der Waals surface area contributed by atoms with Gasteiger partial charge in [0.25, 0.3) is 5.91 Å². The maximum absolute atomic E-state index is 13.2. The molecule has 0 radical (unpaired) electrons. The molecule has 1 saturated heterocycles. The van der Waals surface area contributed by atoms with Crippen molar-refractivity contribution in [3.05, 3.63) is 23.0 Å². The molecule has 2 amide bonds. The zero-order valence-corrected chi connectivity index (χ0v) is 16.2. The van der Waals surface area contributed by atoms with Gasteiger partial charge in [0.1, 0.15) is 0 Å². The molecule has 140 valence electrons. The molecule has 1 aliphatic heterocycles. The van der Waals surface area contributed by atoms with Gasteiger partial charge in [-0.05, 0) is 46.6 Å². The number of piperidine rings is 1. The molecule has 7 nitrogen and oxygen atoms in total. The third-order valence-corrected chi connectivity index (χ3v) is 4.84. The Morgan fingerprint density at radius 1 is 1.31 bits per heavy atom. The summed E-state index contributed by atoms with van der Waals surface area (Å²) in [5.74, 6) is -0.159. The Balaban J connectivity index is 1.90. The normalized spacial score (nSPS) is 17.8. The fourth-order valence-electron chi connectivity index (χ4n) is 3.69. The number of nitrogens with zero attached hydrogens (tertiary/aromatic N) is 4. The van der Waals surface area contributed by atoms with E-state index in [1.807, 2.05) is 40.8 Å². The molecule has 0 bridgehead atoms. The molecule has 0 saturated carbocycles. The summed E-state index contributed by atoms with van der Waals surface area (Å²) in [5, 5.41) is 8.18. The molecule has 1 atom stereocenters. The van der Waals surface area contributed by atoms with E-state index in [1.165, 1.54) is 0 Å². The summed E-state index contributed by atoms with van der Waals surface area (Å²) in [5.41, 5.74) is 2.93. The van der Waals surface area contributed by atoms with Crippen molar-refractivity contribution in [2.24, 2.45) is 13.0 Å². The lowest BCUT2D eigenvalue weighted by molar-refractivity contribution is -0.126. The number of nitrogens with one attached hydrogen (secondary N) is 1. The second-order valence-corrected chi connectivity index (χ2v) is 7.47. The molecule has 2 aromatic heterocycles. The molecule has 1 aliphatic rings. The topological polar surface area (TPSA) is 80.1 Å². The minimum atomic E-state index is -0.150. The minimum absolute atomic E-state index is 0.0334. The highest BCUT2D eigenvalue weighted by molar-refractivity contribution is 6.06. The van der Waals surface area contributed by atoms with Gasteiger partial charge in [0.2, 0.25) is 5.91 Å². The summed E-state index contributed by atoms with van der Waals surface area (Å²) in [6.07, 6.45) is 1.65. The number of carbonyl (C=O) groups excluding carboxylic acids is 2. The standard InChI is InChI=1S/C19H27N5O2/c1-11(2)20-18(25)14-7-6-8-24(10-14)19(26)15-9-12(3)21-17-16(15)13(4)22-23(17)5/h9,11,14H,6-8,10H2,1-5H3,(H,20,25)/t14-/m0/s1. The van der Waals surface area contributed by atoms with Crippen LogP contribution >= 0.6 is 0 Å². The average Bonchev–Trinajstić information content (AvgIpc) is 2.87. The van der Waals surface area contributed by atoms with Crippen LogP contribution in [0.3, 0.4) is 0 Å². The molecule has 2 aromatic rings. The highest BCUT2D eigenvalue weighted by Crippen LogP contribution is 2.25. The number of rotatable bonds is 3. The summed E-state index contributed by atoms with van der Waals surface area (Å²) in [6, 6.07) is 1.94. The second-order valence-electron chi connectivity index (χ2n) is 7.47. The van der Waals surface area contributed by atoms with Gasteiger partial charge in [-0.15, -0.1) is 0 Å². The molecule has 3 rings (SSSR count). The van der Waals surface area contributed by atoms with Crippen molar-refractivity contribution in [3.63, 3.8) is 0 Å². The fourth-order valence-corrected chi connectivity index (χ4v) is 3.69. The lowest BCUT2D eigenvalue weighted by Crippen LogP contribution is -2.46. The lowest BCUT2D eigenvalue weighted by atomic mass is 9.96. The van der Waals surface area contributed by atoms with Gasteiger partial charge in [-0.25, -0.2) is 4.98 Å². The number of aryl methyl sites for hydroxylation is 3. The summed E-state index contributed by atoms with van der Waals surface area (Å²) < 4.78 is 1.71. The van der Waals surface area contributed by atoms with E-state index in [-0.39, 0.29) is 23.8 Å². The molecule has 0 aliphatic carbocycles. The Kier molecular flexibility index (Phi) is 4.98. The predicted molar refractivity (Wildman–Crippen MR) is 99.9 cm³/mol. The second kappa shape index (κ2) is 7.05. The van der Waals surface area contributed by atoms with Crippen molar-refractivity contribution >= 4 is 22.8 Å². The smallest absolute Gasteiger partial charge is 0.254 e. The van der Waals surface area contributed by atoms with Gasteiger partial charge in [0.15, 0.2) is 5.65 Å². The van der Waals surface area contributed by atoms with Crippen LogP contribution in [0.15, 0.2) is 6.07 Å². The molecular weight excluding hydrogens is 330 g/mol. The summed E-state index contributed by atoms with van der Waals surface area (Å²) in [7, 11) is 1.84. The Bertz CT molecular complexity index is 855. The summed E-state index contributed by atoms with van der Waals surface area (Å²) in [4.78, 5) is 31.9. The Morgan fingerprint density at radius 3 is 2.73 bits per heavy atom. The van der Waals surface area contributed by atoms with Crippen molar-refractivity contribution in [2.45, 2.75) is 46.6 Å². The number of hydrogen-bond donors (Lipinski definition) is 1. The maximum Gasteiger partial charge on any atom is 0.254 e. The molecule has 0 unspecified atom stereocenters. The molecule has 7 heteroatoms. The molecule has 1 fully saturated rings. The molecule has 26 heavy (non-hydrogen) atoms. The third kappa shape index (κ3) is 3.43. The largest absolute Gasteiger partial charge is 0.354 e. The summed E-state index contributed by atoms with van der Waals surface area (Å²) in [6.45, 7) is 8.81. The van der Waals surface area contributed by atoms with Crippen LogP contribution in [0, 0.1) is 19.8 Å². The van der Waals surface area contributed by atoms with Crippen molar-refractivity contribution in [2.75, 3.05) is 13.1 Å². The number of likely N-dealkylation sites (tertiary alicyclic amines) is 1. The van der Waals surface area contributed by atoms with Gasteiger partial charge < -0.3 is 10.2 Å².